The van der Waals surface area contributed by atoms with Gasteiger partial charge in [-0.3, -0.25) is 0 Å². The summed E-state index contributed by atoms with van der Waals surface area (Å²) >= 11 is 3.35. The average Bonchev–Trinajstić information content (AvgIpc) is 3.10. The number of halogens is 1. The zero-order valence-electron chi connectivity index (χ0n) is 9.23. The fourth-order valence-corrected chi connectivity index (χ4v) is 1.85. The maximum Gasteiger partial charge on any atom is 0.328 e. The molecule has 0 saturated heterocycles. The van der Waals surface area contributed by atoms with Crippen molar-refractivity contribution in [3.8, 4) is 5.75 Å². The van der Waals surface area contributed by atoms with Gasteiger partial charge in [0.25, 0.3) is 0 Å². The standard InChI is InChI=1S/C13H13BrO3/c14-11-3-5-12(6-4-11)17-8-10(7-13(15)16)9-1-2-9/h3-7,9H,1-2,8H2,(H,15,16)/b10-7-. The molecule has 0 spiro atoms. The van der Waals surface area contributed by atoms with Gasteiger partial charge in [-0.25, -0.2) is 4.79 Å². The molecule has 0 bridgehead atoms. The second-order valence-corrected chi connectivity index (χ2v) is 4.99. The maximum absolute atomic E-state index is 10.7. The van der Waals surface area contributed by atoms with Crippen LogP contribution in [0.5, 0.6) is 5.75 Å². The van der Waals surface area contributed by atoms with Crippen LogP contribution in [0, 0.1) is 5.92 Å². The lowest BCUT2D eigenvalue weighted by Crippen LogP contribution is -2.05. The lowest BCUT2D eigenvalue weighted by molar-refractivity contribution is -0.131. The summed E-state index contributed by atoms with van der Waals surface area (Å²) in [6, 6.07) is 7.50. The SMILES string of the molecule is O=C(O)/C=C(/COc1ccc(Br)cc1)C1CC1. The van der Waals surface area contributed by atoms with Crippen molar-refractivity contribution in [2.45, 2.75) is 12.8 Å². The molecular weight excluding hydrogens is 284 g/mol. The summed E-state index contributed by atoms with van der Waals surface area (Å²) in [5, 5.41) is 8.76. The van der Waals surface area contributed by atoms with Crippen LogP contribution < -0.4 is 4.74 Å². The van der Waals surface area contributed by atoms with Crippen molar-refractivity contribution in [2.24, 2.45) is 5.92 Å². The highest BCUT2D eigenvalue weighted by atomic mass is 79.9. The van der Waals surface area contributed by atoms with E-state index in [9.17, 15) is 4.79 Å². The second-order valence-electron chi connectivity index (χ2n) is 4.07. The van der Waals surface area contributed by atoms with E-state index in [1.54, 1.807) is 0 Å². The molecule has 0 atom stereocenters. The average molecular weight is 297 g/mol. The molecule has 0 aliphatic heterocycles. The van der Waals surface area contributed by atoms with Crippen molar-refractivity contribution >= 4 is 21.9 Å². The number of hydrogen-bond donors (Lipinski definition) is 1. The van der Waals surface area contributed by atoms with Crippen LogP contribution in [0.1, 0.15) is 12.8 Å². The molecule has 4 heteroatoms. The number of carboxylic acid groups (broad SMARTS) is 1. The third-order valence-corrected chi connectivity index (χ3v) is 3.16. The minimum absolute atomic E-state index is 0.360. The van der Waals surface area contributed by atoms with Gasteiger partial charge in [0, 0.05) is 10.5 Å². The zero-order valence-corrected chi connectivity index (χ0v) is 10.8. The Bertz CT molecular complexity index is 432. The van der Waals surface area contributed by atoms with Gasteiger partial charge in [-0.1, -0.05) is 15.9 Å². The van der Waals surface area contributed by atoms with Gasteiger partial charge in [0.05, 0.1) is 0 Å². The number of ether oxygens (including phenoxy) is 1. The van der Waals surface area contributed by atoms with Crippen LogP contribution in [0.15, 0.2) is 40.4 Å². The molecule has 3 nitrogen and oxygen atoms in total. The van der Waals surface area contributed by atoms with E-state index in [1.165, 1.54) is 6.08 Å². The molecule has 0 amide bonds. The maximum atomic E-state index is 10.7. The highest BCUT2D eigenvalue weighted by Gasteiger charge is 2.26. The molecule has 1 aliphatic carbocycles. The van der Waals surface area contributed by atoms with Gasteiger partial charge in [0.2, 0.25) is 0 Å². The van der Waals surface area contributed by atoms with E-state index in [-0.39, 0.29) is 0 Å². The smallest absolute Gasteiger partial charge is 0.328 e. The minimum Gasteiger partial charge on any atom is -0.489 e. The van der Waals surface area contributed by atoms with Crippen LogP contribution in [-0.4, -0.2) is 17.7 Å². The van der Waals surface area contributed by atoms with Crippen molar-refractivity contribution in [1.82, 2.24) is 0 Å². The molecule has 1 fully saturated rings. The molecule has 90 valence electrons. The fraction of sp³-hybridized carbons (Fsp3) is 0.308. The van der Waals surface area contributed by atoms with E-state index in [0.29, 0.717) is 12.5 Å². The molecule has 1 aromatic rings. The fourth-order valence-electron chi connectivity index (χ4n) is 1.59. The van der Waals surface area contributed by atoms with Crippen LogP contribution in [-0.2, 0) is 4.79 Å². The lowest BCUT2D eigenvalue weighted by atomic mass is 10.1. The number of aliphatic carboxylic acids is 1. The van der Waals surface area contributed by atoms with Gasteiger partial charge in [-0.2, -0.15) is 0 Å². The molecule has 2 rings (SSSR count). The topological polar surface area (TPSA) is 46.5 Å². The summed E-state index contributed by atoms with van der Waals surface area (Å²) in [7, 11) is 0. The Morgan fingerprint density at radius 1 is 1.41 bits per heavy atom. The predicted octanol–water partition coefficient (Wildman–Crippen LogP) is 3.25. The van der Waals surface area contributed by atoms with Crippen molar-refractivity contribution in [2.75, 3.05) is 6.61 Å². The molecule has 1 aliphatic rings. The summed E-state index contributed by atoms with van der Waals surface area (Å²) in [4.78, 5) is 10.7. The highest BCUT2D eigenvalue weighted by molar-refractivity contribution is 9.10. The normalized spacial score (nSPS) is 15.7. The molecule has 1 saturated carbocycles. The zero-order chi connectivity index (χ0) is 12.3. The number of hydrogen-bond acceptors (Lipinski definition) is 2. The Morgan fingerprint density at radius 3 is 2.59 bits per heavy atom. The molecular formula is C13H13BrO3. The third-order valence-electron chi connectivity index (χ3n) is 2.63. The van der Waals surface area contributed by atoms with Crippen LogP contribution in [0.3, 0.4) is 0 Å². The summed E-state index contributed by atoms with van der Waals surface area (Å²) in [6.07, 6.45) is 3.42. The Morgan fingerprint density at radius 2 is 2.06 bits per heavy atom. The van der Waals surface area contributed by atoms with Gasteiger partial charge >= 0.3 is 5.97 Å². The Hall–Kier alpha value is -1.29. The highest BCUT2D eigenvalue weighted by Crippen LogP contribution is 2.36. The van der Waals surface area contributed by atoms with Crippen LogP contribution in [0.25, 0.3) is 0 Å². The lowest BCUT2D eigenvalue weighted by Gasteiger charge is -2.08. The van der Waals surface area contributed by atoms with E-state index < -0.39 is 5.97 Å². The van der Waals surface area contributed by atoms with Crippen molar-refractivity contribution in [3.63, 3.8) is 0 Å². The monoisotopic (exact) mass is 296 g/mol. The summed E-state index contributed by atoms with van der Waals surface area (Å²) < 4.78 is 6.57. The minimum atomic E-state index is -0.897. The van der Waals surface area contributed by atoms with Crippen LogP contribution >= 0.6 is 15.9 Å². The van der Waals surface area contributed by atoms with Gasteiger partial charge < -0.3 is 9.84 Å². The van der Waals surface area contributed by atoms with E-state index in [4.69, 9.17) is 9.84 Å². The quantitative estimate of drug-likeness (QED) is 0.849. The first-order chi connectivity index (χ1) is 8.15. The number of rotatable bonds is 5. The van der Waals surface area contributed by atoms with Crippen molar-refractivity contribution in [3.05, 3.63) is 40.4 Å². The largest absolute Gasteiger partial charge is 0.489 e. The third kappa shape index (κ3) is 3.89. The molecule has 0 unspecified atom stereocenters. The Balaban J connectivity index is 1.95. The van der Waals surface area contributed by atoms with Gasteiger partial charge in [-0.05, 0) is 48.6 Å². The first-order valence-electron chi connectivity index (χ1n) is 5.47. The van der Waals surface area contributed by atoms with Crippen molar-refractivity contribution in [1.29, 1.82) is 0 Å². The number of carbonyl (C=O) groups is 1. The first-order valence-corrected chi connectivity index (χ1v) is 6.26. The van der Waals surface area contributed by atoms with E-state index in [0.717, 1.165) is 28.6 Å². The van der Waals surface area contributed by atoms with Gasteiger partial charge in [0.15, 0.2) is 0 Å². The van der Waals surface area contributed by atoms with E-state index >= 15 is 0 Å². The molecule has 1 aromatic carbocycles. The Labute approximate surface area is 108 Å². The Kier molecular flexibility index (Phi) is 3.84. The van der Waals surface area contributed by atoms with E-state index in [1.807, 2.05) is 24.3 Å². The summed E-state index contributed by atoms with van der Waals surface area (Å²) in [5.74, 6) is 0.262. The molecule has 0 radical (unpaired) electrons. The van der Waals surface area contributed by atoms with Crippen molar-refractivity contribution < 1.29 is 14.6 Å². The molecule has 0 aromatic heterocycles. The summed E-state index contributed by atoms with van der Waals surface area (Å²) in [6.45, 7) is 0.360. The number of carboxylic acids is 1. The van der Waals surface area contributed by atoms with Gasteiger partial charge in [0.1, 0.15) is 12.4 Å². The van der Waals surface area contributed by atoms with E-state index in [2.05, 4.69) is 15.9 Å². The number of benzene rings is 1. The summed E-state index contributed by atoms with van der Waals surface area (Å²) in [5.41, 5.74) is 0.875. The molecule has 1 N–H and O–H groups in total. The van der Waals surface area contributed by atoms with Crippen LogP contribution in [0.4, 0.5) is 0 Å². The molecule has 17 heavy (non-hydrogen) atoms. The van der Waals surface area contributed by atoms with Gasteiger partial charge in [-0.15, -0.1) is 0 Å². The predicted molar refractivity (Wildman–Crippen MR) is 68.1 cm³/mol. The van der Waals surface area contributed by atoms with Crippen LogP contribution in [0.2, 0.25) is 0 Å². The molecule has 0 heterocycles. The first kappa shape index (κ1) is 12.2. The second kappa shape index (κ2) is 5.36.